The predicted octanol–water partition coefficient (Wildman–Crippen LogP) is 0.960. The Labute approximate surface area is 129 Å². The standard InChI is InChI=1S/C14H23N5O3/c1-3-21-14(20)19-7-4-11(5-8-19)17-13(15-2)16-10-12-6-9-22-18-12/h6,9,11H,3-5,7-8,10H2,1-2H3,(H2,15,16,17). The number of amides is 1. The zero-order chi connectivity index (χ0) is 15.8. The molecule has 0 atom stereocenters. The molecule has 1 saturated heterocycles. The number of rotatable bonds is 4. The molecule has 8 heteroatoms. The molecule has 0 spiro atoms. The van der Waals surface area contributed by atoms with E-state index in [0.717, 1.165) is 24.5 Å². The smallest absolute Gasteiger partial charge is 0.409 e. The fourth-order valence-electron chi connectivity index (χ4n) is 2.31. The first-order valence-corrected chi connectivity index (χ1v) is 7.51. The Bertz CT molecular complexity index is 481. The van der Waals surface area contributed by atoms with Gasteiger partial charge in [-0.05, 0) is 19.8 Å². The highest BCUT2D eigenvalue weighted by Crippen LogP contribution is 2.11. The summed E-state index contributed by atoms with van der Waals surface area (Å²) in [5.74, 6) is 0.720. The van der Waals surface area contributed by atoms with Gasteiger partial charge in [-0.15, -0.1) is 0 Å². The second kappa shape index (κ2) is 8.26. The third-order valence-electron chi connectivity index (χ3n) is 3.51. The van der Waals surface area contributed by atoms with Crippen LogP contribution in [0.15, 0.2) is 21.8 Å². The number of aromatic nitrogens is 1. The maximum atomic E-state index is 11.6. The average molecular weight is 309 g/mol. The average Bonchev–Trinajstić information content (AvgIpc) is 3.05. The molecule has 122 valence electrons. The number of carbonyl (C=O) groups is 1. The fourth-order valence-corrected chi connectivity index (χ4v) is 2.31. The van der Waals surface area contributed by atoms with Gasteiger partial charge in [0.2, 0.25) is 0 Å². The van der Waals surface area contributed by atoms with Crippen LogP contribution in [-0.4, -0.2) is 54.9 Å². The van der Waals surface area contributed by atoms with Gasteiger partial charge in [0.1, 0.15) is 12.0 Å². The van der Waals surface area contributed by atoms with E-state index in [4.69, 9.17) is 9.26 Å². The second-order valence-electron chi connectivity index (χ2n) is 5.02. The number of likely N-dealkylation sites (tertiary alicyclic amines) is 1. The van der Waals surface area contributed by atoms with Crippen molar-refractivity contribution in [3.8, 4) is 0 Å². The summed E-state index contributed by atoms with van der Waals surface area (Å²) in [5, 5.41) is 10.4. The van der Waals surface area contributed by atoms with E-state index < -0.39 is 0 Å². The van der Waals surface area contributed by atoms with Crippen LogP contribution >= 0.6 is 0 Å². The van der Waals surface area contributed by atoms with Gasteiger partial charge in [-0.25, -0.2) is 4.79 Å². The molecule has 0 radical (unpaired) electrons. The number of nitrogens with zero attached hydrogens (tertiary/aromatic N) is 3. The number of aliphatic imine (C=N–C) groups is 1. The molecule has 0 bridgehead atoms. The molecule has 8 nitrogen and oxygen atoms in total. The molecule has 1 amide bonds. The van der Waals surface area contributed by atoms with Crippen molar-refractivity contribution in [2.24, 2.45) is 4.99 Å². The summed E-state index contributed by atoms with van der Waals surface area (Å²) in [4.78, 5) is 17.6. The zero-order valence-electron chi connectivity index (χ0n) is 13.0. The summed E-state index contributed by atoms with van der Waals surface area (Å²) in [5.41, 5.74) is 0.820. The molecule has 1 aromatic rings. The fraction of sp³-hybridized carbons (Fsp3) is 0.643. The van der Waals surface area contributed by atoms with Crippen molar-refractivity contribution in [3.63, 3.8) is 0 Å². The molecule has 2 N–H and O–H groups in total. The van der Waals surface area contributed by atoms with E-state index in [0.29, 0.717) is 26.2 Å². The first-order chi connectivity index (χ1) is 10.7. The van der Waals surface area contributed by atoms with E-state index in [1.54, 1.807) is 18.0 Å². The van der Waals surface area contributed by atoms with Crippen LogP contribution in [0.4, 0.5) is 4.79 Å². The molecule has 1 aliphatic rings. The number of ether oxygens (including phenoxy) is 1. The third-order valence-corrected chi connectivity index (χ3v) is 3.51. The molecular formula is C14H23N5O3. The molecule has 1 fully saturated rings. The largest absolute Gasteiger partial charge is 0.450 e. The normalized spacial score (nSPS) is 16.5. The van der Waals surface area contributed by atoms with Gasteiger partial charge in [0, 0.05) is 32.2 Å². The van der Waals surface area contributed by atoms with Crippen LogP contribution < -0.4 is 10.6 Å². The monoisotopic (exact) mass is 309 g/mol. The van der Waals surface area contributed by atoms with Crippen LogP contribution in [-0.2, 0) is 11.3 Å². The lowest BCUT2D eigenvalue weighted by atomic mass is 10.1. The van der Waals surface area contributed by atoms with Crippen LogP contribution in [0.1, 0.15) is 25.5 Å². The van der Waals surface area contributed by atoms with Gasteiger partial charge in [0.25, 0.3) is 0 Å². The number of carbonyl (C=O) groups excluding carboxylic acids is 1. The topological polar surface area (TPSA) is 92.0 Å². The van der Waals surface area contributed by atoms with E-state index in [-0.39, 0.29) is 12.1 Å². The highest BCUT2D eigenvalue weighted by molar-refractivity contribution is 5.80. The van der Waals surface area contributed by atoms with Crippen molar-refractivity contribution in [1.82, 2.24) is 20.7 Å². The van der Waals surface area contributed by atoms with Crippen molar-refractivity contribution >= 4 is 12.1 Å². The van der Waals surface area contributed by atoms with Crippen molar-refractivity contribution in [3.05, 3.63) is 18.0 Å². The Balaban J connectivity index is 1.73. The van der Waals surface area contributed by atoms with E-state index >= 15 is 0 Å². The molecule has 0 aliphatic carbocycles. The first kappa shape index (κ1) is 16.1. The molecular weight excluding hydrogens is 286 g/mol. The van der Waals surface area contributed by atoms with Gasteiger partial charge in [-0.3, -0.25) is 4.99 Å². The van der Waals surface area contributed by atoms with Crippen molar-refractivity contribution in [2.45, 2.75) is 32.4 Å². The minimum Gasteiger partial charge on any atom is -0.450 e. The SMILES string of the molecule is CCOC(=O)N1CCC(NC(=NC)NCc2ccon2)CC1. The lowest BCUT2D eigenvalue weighted by Crippen LogP contribution is -2.49. The lowest BCUT2D eigenvalue weighted by Gasteiger charge is -2.32. The van der Waals surface area contributed by atoms with E-state index in [9.17, 15) is 4.79 Å². The lowest BCUT2D eigenvalue weighted by molar-refractivity contribution is 0.0963. The zero-order valence-corrected chi connectivity index (χ0v) is 13.0. The highest BCUT2D eigenvalue weighted by atomic mass is 16.6. The van der Waals surface area contributed by atoms with Gasteiger partial charge in [-0.1, -0.05) is 5.16 Å². The number of guanidine groups is 1. The molecule has 1 aliphatic heterocycles. The Morgan fingerprint density at radius 2 is 2.32 bits per heavy atom. The Morgan fingerprint density at radius 1 is 1.55 bits per heavy atom. The first-order valence-electron chi connectivity index (χ1n) is 7.51. The molecule has 2 rings (SSSR count). The Hall–Kier alpha value is -2.25. The summed E-state index contributed by atoms with van der Waals surface area (Å²) in [7, 11) is 1.73. The minimum atomic E-state index is -0.227. The van der Waals surface area contributed by atoms with E-state index in [1.165, 1.54) is 6.26 Å². The molecule has 0 saturated carbocycles. The second-order valence-corrected chi connectivity index (χ2v) is 5.02. The minimum absolute atomic E-state index is 0.227. The van der Waals surface area contributed by atoms with Crippen molar-refractivity contribution < 1.29 is 14.1 Å². The number of nitrogens with one attached hydrogen (secondary N) is 2. The van der Waals surface area contributed by atoms with Crippen LogP contribution in [0, 0.1) is 0 Å². The van der Waals surface area contributed by atoms with Gasteiger partial charge in [-0.2, -0.15) is 0 Å². The number of hydrogen-bond donors (Lipinski definition) is 2. The summed E-state index contributed by atoms with van der Waals surface area (Å²) >= 11 is 0. The van der Waals surface area contributed by atoms with Crippen LogP contribution in [0.5, 0.6) is 0 Å². The van der Waals surface area contributed by atoms with E-state index in [1.807, 2.05) is 6.92 Å². The highest BCUT2D eigenvalue weighted by Gasteiger charge is 2.23. The van der Waals surface area contributed by atoms with Crippen LogP contribution in [0.3, 0.4) is 0 Å². The molecule has 2 heterocycles. The molecule has 22 heavy (non-hydrogen) atoms. The Kier molecular flexibility index (Phi) is 6.05. The van der Waals surface area contributed by atoms with Gasteiger partial charge < -0.3 is 24.8 Å². The molecule has 0 unspecified atom stereocenters. The van der Waals surface area contributed by atoms with Crippen molar-refractivity contribution in [2.75, 3.05) is 26.7 Å². The number of hydrogen-bond acceptors (Lipinski definition) is 5. The van der Waals surface area contributed by atoms with Crippen LogP contribution in [0.2, 0.25) is 0 Å². The predicted molar refractivity (Wildman–Crippen MR) is 81.5 cm³/mol. The molecule has 1 aromatic heterocycles. The quantitative estimate of drug-likeness (QED) is 0.636. The summed E-state index contributed by atoms with van der Waals surface area (Å²) < 4.78 is 9.80. The summed E-state index contributed by atoms with van der Waals surface area (Å²) in [6.45, 7) is 4.16. The maximum absolute atomic E-state index is 11.6. The van der Waals surface area contributed by atoms with Crippen LogP contribution in [0.25, 0.3) is 0 Å². The van der Waals surface area contributed by atoms with Gasteiger partial charge in [0.05, 0.1) is 13.2 Å². The molecule has 0 aromatic carbocycles. The van der Waals surface area contributed by atoms with Gasteiger partial charge in [0.15, 0.2) is 5.96 Å². The summed E-state index contributed by atoms with van der Waals surface area (Å²) in [6, 6.07) is 2.09. The number of piperidine rings is 1. The van der Waals surface area contributed by atoms with Gasteiger partial charge >= 0.3 is 6.09 Å². The summed E-state index contributed by atoms with van der Waals surface area (Å²) in [6.07, 6.45) is 3.04. The Morgan fingerprint density at radius 3 is 2.91 bits per heavy atom. The van der Waals surface area contributed by atoms with Crippen molar-refractivity contribution in [1.29, 1.82) is 0 Å². The van der Waals surface area contributed by atoms with E-state index in [2.05, 4.69) is 20.8 Å². The third kappa shape index (κ3) is 4.64. The maximum Gasteiger partial charge on any atom is 0.409 e.